The van der Waals surface area contributed by atoms with Crippen LogP contribution in [0.25, 0.3) is 0 Å². The maximum atomic E-state index is 13.7. The summed E-state index contributed by atoms with van der Waals surface area (Å²) in [4.78, 5) is 0. The lowest BCUT2D eigenvalue weighted by molar-refractivity contribution is 0.267. The monoisotopic (exact) mass is 287 g/mol. The first kappa shape index (κ1) is 14.2. The van der Waals surface area contributed by atoms with Crippen LogP contribution in [0.15, 0.2) is 42.5 Å². The average Bonchev–Trinajstić information content (AvgIpc) is 2.69. The summed E-state index contributed by atoms with van der Waals surface area (Å²) in [5.41, 5.74) is 3.03. The Morgan fingerprint density at radius 2 is 1.90 bits per heavy atom. The van der Waals surface area contributed by atoms with E-state index >= 15 is 0 Å². The van der Waals surface area contributed by atoms with Crippen LogP contribution in [0, 0.1) is 17.0 Å². The molecule has 0 saturated heterocycles. The van der Waals surface area contributed by atoms with E-state index in [-0.39, 0.29) is 17.3 Å². The van der Waals surface area contributed by atoms with E-state index in [0.717, 1.165) is 12.5 Å². The summed E-state index contributed by atoms with van der Waals surface area (Å²) in [5.74, 6) is -0.771. The molecule has 0 aliphatic heterocycles. The van der Waals surface area contributed by atoms with Crippen molar-refractivity contribution in [2.75, 3.05) is 0 Å². The van der Waals surface area contributed by atoms with Gasteiger partial charge in [0.05, 0.1) is 0 Å². The van der Waals surface area contributed by atoms with Gasteiger partial charge in [0.1, 0.15) is 11.6 Å². The molecule has 0 fully saturated rings. The molecule has 3 heteroatoms. The fourth-order valence-electron chi connectivity index (χ4n) is 3.27. The number of hydrogen-bond acceptors (Lipinski definition) is 1. The molecule has 0 radical (unpaired) electrons. The van der Waals surface area contributed by atoms with Crippen LogP contribution in [0.1, 0.15) is 36.6 Å². The third-order valence-electron chi connectivity index (χ3n) is 4.30. The van der Waals surface area contributed by atoms with E-state index in [9.17, 15) is 8.78 Å². The molecule has 21 heavy (non-hydrogen) atoms. The standard InChI is InChI=1S/C18H19F2N/c1-18(2)10-12-5-3-4-6-15(12)17(18)21-11-13-9-14(19)7-8-16(13)20/h3-9,17,21H,10-11H2,1-2H3. The van der Waals surface area contributed by atoms with E-state index in [0.29, 0.717) is 12.1 Å². The van der Waals surface area contributed by atoms with E-state index in [1.54, 1.807) is 0 Å². The van der Waals surface area contributed by atoms with Crippen molar-refractivity contribution < 1.29 is 8.78 Å². The second kappa shape index (κ2) is 5.23. The molecule has 0 aromatic heterocycles. The summed E-state index contributed by atoms with van der Waals surface area (Å²) in [7, 11) is 0. The van der Waals surface area contributed by atoms with Crippen LogP contribution in [0.5, 0.6) is 0 Å². The minimum atomic E-state index is -0.403. The van der Waals surface area contributed by atoms with Gasteiger partial charge in [0.25, 0.3) is 0 Å². The SMILES string of the molecule is CC1(C)Cc2ccccc2C1NCc1cc(F)ccc1F. The average molecular weight is 287 g/mol. The number of fused-ring (bicyclic) bond motifs is 1. The minimum Gasteiger partial charge on any atom is -0.305 e. The molecule has 3 rings (SSSR count). The predicted molar refractivity (Wildman–Crippen MR) is 79.9 cm³/mol. The fraction of sp³-hybridized carbons (Fsp3) is 0.333. The highest BCUT2D eigenvalue weighted by Crippen LogP contribution is 2.45. The van der Waals surface area contributed by atoms with Crippen LogP contribution >= 0.6 is 0 Å². The molecule has 1 nitrogen and oxygen atoms in total. The Balaban J connectivity index is 1.83. The summed E-state index contributed by atoms with van der Waals surface area (Å²) in [5, 5.41) is 3.41. The predicted octanol–water partition coefficient (Wildman–Crippen LogP) is 4.38. The van der Waals surface area contributed by atoms with Gasteiger partial charge in [-0.3, -0.25) is 0 Å². The molecule has 1 aliphatic carbocycles. The zero-order valence-corrected chi connectivity index (χ0v) is 12.3. The summed E-state index contributed by atoms with van der Waals surface area (Å²) in [6.45, 7) is 4.73. The zero-order valence-electron chi connectivity index (χ0n) is 12.3. The third-order valence-corrected chi connectivity index (χ3v) is 4.30. The first-order chi connectivity index (χ1) is 9.97. The molecule has 0 bridgehead atoms. The Hall–Kier alpha value is -1.74. The molecule has 0 spiro atoms. The first-order valence-corrected chi connectivity index (χ1v) is 7.22. The summed E-state index contributed by atoms with van der Waals surface area (Å²) < 4.78 is 27.0. The van der Waals surface area contributed by atoms with Crippen LogP contribution in [-0.4, -0.2) is 0 Å². The molecule has 1 aliphatic rings. The molecule has 0 heterocycles. The van der Waals surface area contributed by atoms with Gasteiger partial charge in [-0.2, -0.15) is 0 Å². The highest BCUT2D eigenvalue weighted by atomic mass is 19.1. The summed E-state index contributed by atoms with van der Waals surface area (Å²) >= 11 is 0. The molecular weight excluding hydrogens is 268 g/mol. The quantitative estimate of drug-likeness (QED) is 0.883. The smallest absolute Gasteiger partial charge is 0.127 e. The van der Waals surface area contributed by atoms with Crippen LogP contribution in [-0.2, 0) is 13.0 Å². The van der Waals surface area contributed by atoms with E-state index in [2.05, 4.69) is 31.3 Å². The normalized spacial score (nSPS) is 19.5. The molecule has 0 saturated carbocycles. The van der Waals surface area contributed by atoms with Crippen molar-refractivity contribution in [2.24, 2.45) is 5.41 Å². The number of benzene rings is 2. The molecule has 1 atom stereocenters. The maximum Gasteiger partial charge on any atom is 0.127 e. The molecule has 1 N–H and O–H groups in total. The minimum absolute atomic E-state index is 0.0630. The lowest BCUT2D eigenvalue weighted by Gasteiger charge is -2.29. The van der Waals surface area contributed by atoms with E-state index in [4.69, 9.17) is 0 Å². The lowest BCUT2D eigenvalue weighted by atomic mass is 9.85. The maximum absolute atomic E-state index is 13.7. The zero-order chi connectivity index (χ0) is 15.0. The van der Waals surface area contributed by atoms with Gasteiger partial charge in [-0.05, 0) is 41.2 Å². The van der Waals surface area contributed by atoms with Gasteiger partial charge in [0, 0.05) is 18.2 Å². The van der Waals surface area contributed by atoms with Gasteiger partial charge in [0.15, 0.2) is 0 Å². The molecule has 2 aromatic rings. The molecular formula is C18H19F2N. The first-order valence-electron chi connectivity index (χ1n) is 7.22. The number of rotatable bonds is 3. The van der Waals surface area contributed by atoms with Gasteiger partial charge in [-0.15, -0.1) is 0 Å². The van der Waals surface area contributed by atoms with Crippen molar-refractivity contribution in [3.8, 4) is 0 Å². The Morgan fingerprint density at radius 3 is 2.71 bits per heavy atom. The summed E-state index contributed by atoms with van der Waals surface area (Å²) in [6, 6.07) is 12.1. The topological polar surface area (TPSA) is 12.0 Å². The van der Waals surface area contributed by atoms with Gasteiger partial charge < -0.3 is 5.32 Å². The van der Waals surface area contributed by atoms with Crippen LogP contribution < -0.4 is 5.32 Å². The number of hydrogen-bond donors (Lipinski definition) is 1. The van der Waals surface area contributed by atoms with Crippen molar-refractivity contribution in [1.82, 2.24) is 5.32 Å². The van der Waals surface area contributed by atoms with Gasteiger partial charge >= 0.3 is 0 Å². The molecule has 2 aromatic carbocycles. The molecule has 110 valence electrons. The number of halogens is 2. The Labute approximate surface area is 124 Å². The van der Waals surface area contributed by atoms with Gasteiger partial charge in [0.2, 0.25) is 0 Å². The highest BCUT2D eigenvalue weighted by Gasteiger charge is 2.38. The van der Waals surface area contributed by atoms with Crippen molar-refractivity contribution in [1.29, 1.82) is 0 Å². The van der Waals surface area contributed by atoms with E-state index < -0.39 is 5.82 Å². The Morgan fingerprint density at radius 1 is 1.14 bits per heavy atom. The summed E-state index contributed by atoms with van der Waals surface area (Å²) in [6.07, 6.45) is 0.993. The fourth-order valence-corrected chi connectivity index (χ4v) is 3.27. The lowest BCUT2D eigenvalue weighted by Crippen LogP contribution is -2.31. The largest absolute Gasteiger partial charge is 0.305 e. The molecule has 1 unspecified atom stereocenters. The third kappa shape index (κ3) is 2.70. The van der Waals surface area contributed by atoms with E-state index in [1.165, 1.54) is 23.3 Å². The number of nitrogens with one attached hydrogen (secondary N) is 1. The van der Waals surface area contributed by atoms with Crippen LogP contribution in [0.2, 0.25) is 0 Å². The van der Waals surface area contributed by atoms with Crippen molar-refractivity contribution in [3.05, 3.63) is 70.8 Å². The van der Waals surface area contributed by atoms with Gasteiger partial charge in [-0.1, -0.05) is 38.1 Å². The van der Waals surface area contributed by atoms with Gasteiger partial charge in [-0.25, -0.2) is 8.78 Å². The second-order valence-electron chi connectivity index (χ2n) is 6.41. The van der Waals surface area contributed by atoms with Crippen LogP contribution in [0.4, 0.5) is 8.78 Å². The van der Waals surface area contributed by atoms with Crippen molar-refractivity contribution >= 4 is 0 Å². The van der Waals surface area contributed by atoms with E-state index in [1.807, 2.05) is 12.1 Å². The Kier molecular flexibility index (Phi) is 3.54. The second-order valence-corrected chi connectivity index (χ2v) is 6.41. The Bertz CT molecular complexity index is 664. The van der Waals surface area contributed by atoms with Crippen LogP contribution in [0.3, 0.4) is 0 Å². The van der Waals surface area contributed by atoms with Crippen molar-refractivity contribution in [2.45, 2.75) is 32.9 Å². The van der Waals surface area contributed by atoms with Crippen molar-refractivity contribution in [3.63, 3.8) is 0 Å². The molecule has 0 amide bonds. The highest BCUT2D eigenvalue weighted by molar-refractivity contribution is 5.37.